The van der Waals surface area contributed by atoms with Gasteiger partial charge >= 0.3 is 6.08 Å². The van der Waals surface area contributed by atoms with Crippen LogP contribution in [0, 0.1) is 0 Å². The van der Waals surface area contributed by atoms with E-state index in [0.29, 0.717) is 6.61 Å². The molecule has 0 aromatic carbocycles. The van der Waals surface area contributed by atoms with E-state index in [4.69, 9.17) is 9.16 Å². The van der Waals surface area contributed by atoms with Crippen molar-refractivity contribution in [3.05, 3.63) is 24.2 Å². The first-order chi connectivity index (χ1) is 6.37. The summed E-state index contributed by atoms with van der Waals surface area (Å²) in [6.45, 7) is 7.74. The molecule has 14 heavy (non-hydrogen) atoms. The van der Waals surface area contributed by atoms with Crippen LogP contribution in [0.15, 0.2) is 24.2 Å². The van der Waals surface area contributed by atoms with Crippen LogP contribution in [0.25, 0.3) is 0 Å². The van der Waals surface area contributed by atoms with Crippen LogP contribution >= 0.6 is 0 Å². The van der Waals surface area contributed by atoms with Gasteiger partial charge in [-0.25, -0.2) is 0 Å². The van der Waals surface area contributed by atoms with Gasteiger partial charge < -0.3 is 9.16 Å². The van der Waals surface area contributed by atoms with Crippen LogP contribution in [0.2, 0.25) is 19.6 Å². The molecule has 0 N–H and O–H groups in total. The van der Waals surface area contributed by atoms with Crippen molar-refractivity contribution in [1.29, 1.82) is 0 Å². The first kappa shape index (κ1) is 13.2. The molecule has 0 aliphatic rings. The Morgan fingerprint density at radius 3 is 2.21 bits per heavy atom. The smallest absolute Gasteiger partial charge is 0.310 e. The lowest BCUT2D eigenvalue weighted by Crippen LogP contribution is -2.24. The van der Waals surface area contributed by atoms with Crippen LogP contribution in [-0.2, 0) is 9.16 Å². The quantitative estimate of drug-likeness (QED) is 0.402. The van der Waals surface area contributed by atoms with Gasteiger partial charge in [-0.15, -0.1) is 0 Å². The van der Waals surface area contributed by atoms with E-state index in [1.54, 1.807) is 6.92 Å². The maximum Gasteiger partial charge on any atom is 0.310 e. The summed E-state index contributed by atoms with van der Waals surface area (Å²) in [6, 6.07) is 0. The molecule has 0 atom stereocenters. The van der Waals surface area contributed by atoms with E-state index in [1.165, 1.54) is 6.26 Å². The first-order valence-electron chi connectivity index (χ1n) is 4.39. The van der Waals surface area contributed by atoms with Crippen molar-refractivity contribution in [2.45, 2.75) is 26.6 Å². The summed E-state index contributed by atoms with van der Waals surface area (Å²) in [7, 11) is -1.99. The van der Waals surface area contributed by atoms with E-state index in [0.717, 1.165) is 6.08 Å². The molecule has 0 amide bonds. The minimum atomic E-state index is -1.99. The lowest BCUT2D eigenvalue weighted by atomic mass is 10.5. The molecule has 5 heteroatoms. The molecule has 0 aliphatic carbocycles. The van der Waals surface area contributed by atoms with Gasteiger partial charge in [0, 0.05) is 6.08 Å². The molecule has 0 aliphatic heterocycles. The molecule has 0 rings (SSSR count). The highest BCUT2D eigenvalue weighted by molar-refractivity contribution is 6.70. The van der Waals surface area contributed by atoms with Gasteiger partial charge in [-0.1, -0.05) is 0 Å². The van der Waals surface area contributed by atoms with E-state index in [-0.39, 0.29) is 0 Å². The first-order valence-corrected chi connectivity index (χ1v) is 7.80. The van der Waals surface area contributed by atoms with Gasteiger partial charge in [-0.05, 0) is 26.6 Å². The summed E-state index contributed by atoms with van der Waals surface area (Å²) >= 11 is 0. The number of hydrogen-bond acceptors (Lipinski definition) is 2. The second-order valence-electron chi connectivity index (χ2n) is 3.60. The predicted octanol–water partition coefficient (Wildman–Crippen LogP) is 3.50. The van der Waals surface area contributed by atoms with Crippen LogP contribution in [0.3, 0.4) is 0 Å². The fourth-order valence-corrected chi connectivity index (χ4v) is 1.48. The van der Waals surface area contributed by atoms with Crippen molar-refractivity contribution < 1.29 is 17.9 Å². The van der Waals surface area contributed by atoms with Gasteiger partial charge in [-0.2, -0.15) is 8.78 Å². The van der Waals surface area contributed by atoms with Gasteiger partial charge in [0.05, 0.1) is 12.9 Å². The molecule has 82 valence electrons. The molecule has 0 unspecified atom stereocenters. The second kappa shape index (κ2) is 5.80. The Morgan fingerprint density at radius 1 is 1.29 bits per heavy atom. The van der Waals surface area contributed by atoms with Crippen LogP contribution in [0.4, 0.5) is 8.78 Å². The molecule has 0 heterocycles. The SMILES string of the molecule is CCO/C=C/C(O[Si](C)(C)C)=C(F)F. The van der Waals surface area contributed by atoms with E-state index < -0.39 is 20.2 Å². The van der Waals surface area contributed by atoms with Gasteiger partial charge in [0.25, 0.3) is 0 Å². The Hall–Kier alpha value is -0.843. The molecular weight excluding hydrogens is 206 g/mol. The van der Waals surface area contributed by atoms with E-state index >= 15 is 0 Å². The van der Waals surface area contributed by atoms with Gasteiger partial charge in [0.2, 0.25) is 8.32 Å². The highest BCUT2D eigenvalue weighted by Crippen LogP contribution is 2.17. The topological polar surface area (TPSA) is 18.5 Å². The van der Waals surface area contributed by atoms with Crippen molar-refractivity contribution in [2.75, 3.05) is 6.61 Å². The summed E-state index contributed by atoms with van der Waals surface area (Å²) in [5.41, 5.74) is 0. The average Bonchev–Trinajstić information content (AvgIpc) is 2.00. The average molecular weight is 222 g/mol. The predicted molar refractivity (Wildman–Crippen MR) is 54.4 cm³/mol. The molecular formula is C9H16F2O2Si. The maximum atomic E-state index is 12.3. The third-order valence-corrected chi connectivity index (χ3v) is 1.92. The van der Waals surface area contributed by atoms with Crippen LogP contribution in [-0.4, -0.2) is 14.9 Å². The van der Waals surface area contributed by atoms with Gasteiger partial charge in [0.1, 0.15) is 0 Å². The fraction of sp³-hybridized carbons (Fsp3) is 0.556. The second-order valence-corrected chi connectivity index (χ2v) is 8.03. The normalized spacial score (nSPS) is 11.6. The number of allylic oxidation sites excluding steroid dienone is 1. The number of ether oxygens (including phenoxy) is 1. The standard InChI is InChI=1S/C9H16F2O2Si/c1-5-12-7-6-8(9(10)11)13-14(2,3)4/h6-7H,5H2,1-4H3/b7-6+. The monoisotopic (exact) mass is 222 g/mol. The molecule has 0 spiro atoms. The molecule has 0 aromatic heterocycles. The van der Waals surface area contributed by atoms with Crippen LogP contribution < -0.4 is 0 Å². The van der Waals surface area contributed by atoms with E-state index in [1.807, 2.05) is 19.6 Å². The Kier molecular flexibility index (Phi) is 5.45. The van der Waals surface area contributed by atoms with Crippen LogP contribution in [0.1, 0.15) is 6.92 Å². The zero-order valence-corrected chi connectivity index (χ0v) is 9.93. The molecule has 0 bridgehead atoms. The maximum absolute atomic E-state index is 12.3. The van der Waals surface area contributed by atoms with Crippen molar-refractivity contribution in [1.82, 2.24) is 0 Å². The molecule has 0 aromatic rings. The summed E-state index contributed by atoms with van der Waals surface area (Å²) in [6.07, 6.45) is 0.550. The van der Waals surface area contributed by atoms with Crippen molar-refractivity contribution in [3.8, 4) is 0 Å². The highest BCUT2D eigenvalue weighted by Gasteiger charge is 2.19. The van der Waals surface area contributed by atoms with Crippen molar-refractivity contribution >= 4 is 8.32 Å². The summed E-state index contributed by atoms with van der Waals surface area (Å²) in [4.78, 5) is 0. The summed E-state index contributed by atoms with van der Waals surface area (Å²) in [5, 5.41) is 0. The number of hydrogen-bond donors (Lipinski definition) is 0. The van der Waals surface area contributed by atoms with Gasteiger partial charge in [-0.3, -0.25) is 0 Å². The van der Waals surface area contributed by atoms with Crippen molar-refractivity contribution in [2.24, 2.45) is 0 Å². The lowest BCUT2D eigenvalue weighted by Gasteiger charge is -2.18. The fourth-order valence-electron chi connectivity index (χ4n) is 0.672. The number of rotatable bonds is 5. The third kappa shape index (κ3) is 6.65. The molecule has 2 nitrogen and oxygen atoms in total. The molecule has 0 fully saturated rings. The zero-order chi connectivity index (χ0) is 11.2. The summed E-state index contributed by atoms with van der Waals surface area (Å²) in [5.74, 6) is -0.391. The lowest BCUT2D eigenvalue weighted by molar-refractivity contribution is 0.265. The summed E-state index contributed by atoms with van der Waals surface area (Å²) < 4.78 is 34.6. The van der Waals surface area contributed by atoms with Gasteiger partial charge in [0.15, 0.2) is 5.76 Å². The highest BCUT2D eigenvalue weighted by atomic mass is 28.4. The molecule has 0 radical (unpaired) electrons. The molecule has 0 saturated carbocycles. The molecule has 0 saturated heterocycles. The van der Waals surface area contributed by atoms with E-state index in [9.17, 15) is 8.78 Å². The van der Waals surface area contributed by atoms with E-state index in [2.05, 4.69) is 0 Å². The number of halogens is 2. The largest absolute Gasteiger partial charge is 0.541 e. The Bertz CT molecular complexity index is 227. The Balaban J connectivity index is 4.42. The zero-order valence-electron chi connectivity index (χ0n) is 8.93. The Labute approximate surface area is 84.3 Å². The minimum Gasteiger partial charge on any atom is -0.541 e. The Morgan fingerprint density at radius 2 is 1.86 bits per heavy atom. The van der Waals surface area contributed by atoms with Crippen LogP contribution in [0.5, 0.6) is 0 Å². The minimum absolute atomic E-state index is 0.391. The third-order valence-electron chi connectivity index (χ3n) is 1.08. The van der Waals surface area contributed by atoms with Crippen molar-refractivity contribution in [3.63, 3.8) is 0 Å².